The van der Waals surface area contributed by atoms with Crippen molar-refractivity contribution in [2.75, 3.05) is 19.0 Å². The minimum Gasteiger partial charge on any atom is -0.375 e. The molecule has 0 saturated heterocycles. The maximum absolute atomic E-state index is 11.3. The van der Waals surface area contributed by atoms with Gasteiger partial charge in [0.25, 0.3) is 5.91 Å². The van der Waals surface area contributed by atoms with Crippen LogP contribution in [0, 0.1) is 0 Å². The minimum atomic E-state index is -0.236. The summed E-state index contributed by atoms with van der Waals surface area (Å²) in [6.07, 6.45) is 3.39. The molecule has 88 valence electrons. The number of hydrogen-bond acceptors (Lipinski definition) is 4. The number of carbonyl (C=O) groups is 1. The first-order chi connectivity index (χ1) is 8.29. The van der Waals surface area contributed by atoms with E-state index in [1.165, 1.54) is 7.11 Å². The predicted octanol–water partition coefficient (Wildman–Crippen LogP) is 1.06. The fraction of sp³-hybridized carbons (Fsp3) is 0.182. The first kappa shape index (κ1) is 11.3. The van der Waals surface area contributed by atoms with Crippen molar-refractivity contribution in [3.8, 4) is 11.3 Å². The van der Waals surface area contributed by atoms with Crippen LogP contribution in [0.1, 0.15) is 0 Å². The van der Waals surface area contributed by atoms with Crippen molar-refractivity contribution in [2.24, 2.45) is 0 Å². The van der Waals surface area contributed by atoms with Gasteiger partial charge in [-0.1, -0.05) is 0 Å². The van der Waals surface area contributed by atoms with Crippen LogP contribution in [0.15, 0.2) is 30.6 Å². The molecule has 17 heavy (non-hydrogen) atoms. The summed E-state index contributed by atoms with van der Waals surface area (Å²) >= 11 is 0. The van der Waals surface area contributed by atoms with Crippen molar-refractivity contribution in [3.05, 3.63) is 30.6 Å². The Morgan fingerprint density at radius 1 is 1.47 bits per heavy atom. The van der Waals surface area contributed by atoms with Crippen LogP contribution in [0.2, 0.25) is 0 Å². The molecule has 0 atom stereocenters. The summed E-state index contributed by atoms with van der Waals surface area (Å²) < 4.78 is 4.71. The highest BCUT2D eigenvalue weighted by atomic mass is 16.5. The van der Waals surface area contributed by atoms with Crippen molar-refractivity contribution in [2.45, 2.75) is 0 Å². The first-order valence-corrected chi connectivity index (χ1v) is 5.04. The number of nitrogens with one attached hydrogen (secondary N) is 2. The fourth-order valence-corrected chi connectivity index (χ4v) is 1.38. The van der Waals surface area contributed by atoms with Crippen LogP contribution in [0.4, 0.5) is 5.82 Å². The van der Waals surface area contributed by atoms with Crippen molar-refractivity contribution >= 4 is 11.7 Å². The van der Waals surface area contributed by atoms with Crippen molar-refractivity contribution in [1.82, 2.24) is 15.2 Å². The standard InChI is InChI=1S/C11H12N4O2/c1-17-7-11(16)13-10-6-9(14-15-10)8-2-4-12-5-3-8/h2-6H,7H2,1H3,(H2,13,14,15,16). The predicted molar refractivity (Wildman–Crippen MR) is 62.3 cm³/mol. The van der Waals surface area contributed by atoms with Crippen molar-refractivity contribution < 1.29 is 9.53 Å². The summed E-state index contributed by atoms with van der Waals surface area (Å²) in [6.45, 7) is 0.0114. The number of H-pyrrole nitrogens is 1. The largest absolute Gasteiger partial charge is 0.375 e. The SMILES string of the molecule is COCC(=O)Nc1cc(-c2ccncc2)[nH]n1. The van der Waals surface area contributed by atoms with Gasteiger partial charge in [0.05, 0.1) is 5.69 Å². The van der Waals surface area contributed by atoms with Crippen molar-refractivity contribution in [3.63, 3.8) is 0 Å². The number of aromatic amines is 1. The van der Waals surface area contributed by atoms with Gasteiger partial charge in [-0.05, 0) is 12.1 Å². The van der Waals surface area contributed by atoms with E-state index in [0.29, 0.717) is 5.82 Å². The van der Waals surface area contributed by atoms with Gasteiger partial charge >= 0.3 is 0 Å². The first-order valence-electron chi connectivity index (χ1n) is 5.04. The monoisotopic (exact) mass is 232 g/mol. The molecule has 0 aliphatic carbocycles. The van der Waals surface area contributed by atoms with Gasteiger partial charge in [-0.25, -0.2) is 0 Å². The lowest BCUT2D eigenvalue weighted by molar-refractivity contribution is -0.119. The van der Waals surface area contributed by atoms with Gasteiger partial charge < -0.3 is 10.1 Å². The lowest BCUT2D eigenvalue weighted by Gasteiger charge is -1.98. The molecule has 2 heterocycles. The molecule has 2 aromatic rings. The third-order valence-electron chi connectivity index (χ3n) is 2.11. The summed E-state index contributed by atoms with van der Waals surface area (Å²) in [5, 5.41) is 9.43. The zero-order valence-electron chi connectivity index (χ0n) is 9.30. The van der Waals surface area contributed by atoms with Gasteiger partial charge in [0.2, 0.25) is 0 Å². The number of anilines is 1. The lowest BCUT2D eigenvalue weighted by Crippen LogP contribution is -2.17. The average molecular weight is 232 g/mol. The minimum absolute atomic E-state index is 0.0114. The maximum Gasteiger partial charge on any atom is 0.251 e. The van der Waals surface area contributed by atoms with E-state index in [1.807, 2.05) is 12.1 Å². The van der Waals surface area contributed by atoms with Crippen LogP contribution in [0.25, 0.3) is 11.3 Å². The molecule has 1 amide bonds. The molecule has 0 spiro atoms. The second kappa shape index (κ2) is 5.22. The Morgan fingerprint density at radius 2 is 2.24 bits per heavy atom. The summed E-state index contributed by atoms with van der Waals surface area (Å²) in [4.78, 5) is 15.2. The van der Waals surface area contributed by atoms with Gasteiger partial charge in [0, 0.05) is 31.1 Å². The zero-order valence-corrected chi connectivity index (χ0v) is 9.30. The van der Waals surface area contributed by atoms with Crippen molar-refractivity contribution in [1.29, 1.82) is 0 Å². The second-order valence-electron chi connectivity index (χ2n) is 3.38. The van der Waals surface area contributed by atoms with Crippen LogP contribution in [-0.2, 0) is 9.53 Å². The van der Waals surface area contributed by atoms with Crippen LogP contribution >= 0.6 is 0 Å². The summed E-state index contributed by atoms with van der Waals surface area (Å²) in [5.74, 6) is 0.235. The Bertz CT molecular complexity index is 495. The molecule has 2 N–H and O–H groups in total. The Balaban J connectivity index is 2.09. The summed E-state index contributed by atoms with van der Waals surface area (Å²) in [5.41, 5.74) is 1.78. The molecule has 0 bridgehead atoms. The normalized spacial score (nSPS) is 10.2. The highest BCUT2D eigenvalue weighted by Gasteiger charge is 2.06. The zero-order chi connectivity index (χ0) is 12.1. The van der Waals surface area contributed by atoms with Crippen LogP contribution in [0.3, 0.4) is 0 Å². The van der Waals surface area contributed by atoms with E-state index >= 15 is 0 Å². The molecule has 0 aliphatic rings. The number of methoxy groups -OCH3 is 1. The quantitative estimate of drug-likeness (QED) is 0.825. The van der Waals surface area contributed by atoms with Gasteiger partial charge in [-0.2, -0.15) is 5.10 Å². The topological polar surface area (TPSA) is 79.9 Å². The number of amides is 1. The molecule has 2 rings (SSSR count). The van der Waals surface area contributed by atoms with Crippen LogP contribution < -0.4 is 5.32 Å². The molecule has 6 nitrogen and oxygen atoms in total. The van der Waals surface area contributed by atoms with E-state index in [9.17, 15) is 4.79 Å². The van der Waals surface area contributed by atoms with E-state index < -0.39 is 0 Å². The second-order valence-corrected chi connectivity index (χ2v) is 3.38. The van der Waals surface area contributed by atoms with Crippen LogP contribution in [-0.4, -0.2) is 34.8 Å². The van der Waals surface area contributed by atoms with Gasteiger partial charge in [0.15, 0.2) is 5.82 Å². The number of carbonyl (C=O) groups excluding carboxylic acids is 1. The third-order valence-corrected chi connectivity index (χ3v) is 2.11. The summed E-state index contributed by atoms with van der Waals surface area (Å²) in [7, 11) is 1.46. The van der Waals surface area contributed by atoms with Gasteiger partial charge in [0.1, 0.15) is 6.61 Å². The smallest absolute Gasteiger partial charge is 0.251 e. The molecular formula is C11H12N4O2. The molecule has 0 unspecified atom stereocenters. The third kappa shape index (κ3) is 2.88. The van der Waals surface area contributed by atoms with E-state index in [1.54, 1.807) is 18.5 Å². The fourth-order valence-electron chi connectivity index (χ4n) is 1.38. The van der Waals surface area contributed by atoms with Crippen LogP contribution in [0.5, 0.6) is 0 Å². The molecular weight excluding hydrogens is 220 g/mol. The number of hydrogen-bond donors (Lipinski definition) is 2. The van der Waals surface area contributed by atoms with E-state index in [-0.39, 0.29) is 12.5 Å². The maximum atomic E-state index is 11.3. The summed E-state index contributed by atoms with van der Waals surface area (Å²) in [6, 6.07) is 5.46. The number of aromatic nitrogens is 3. The van der Waals surface area contributed by atoms with E-state index in [4.69, 9.17) is 4.74 Å². The number of pyridine rings is 1. The Morgan fingerprint density at radius 3 is 2.94 bits per heavy atom. The molecule has 6 heteroatoms. The van der Waals surface area contributed by atoms with E-state index in [2.05, 4.69) is 20.5 Å². The Kier molecular flexibility index (Phi) is 3.46. The molecule has 0 fully saturated rings. The average Bonchev–Trinajstić information content (AvgIpc) is 2.79. The highest BCUT2D eigenvalue weighted by Crippen LogP contribution is 2.18. The molecule has 2 aromatic heterocycles. The molecule has 0 saturated carbocycles. The Labute approximate surface area is 98.0 Å². The number of ether oxygens (including phenoxy) is 1. The van der Waals surface area contributed by atoms with Gasteiger partial charge in [-0.15, -0.1) is 0 Å². The lowest BCUT2D eigenvalue weighted by atomic mass is 10.2. The molecule has 0 aromatic carbocycles. The molecule has 0 radical (unpaired) electrons. The van der Waals surface area contributed by atoms with Gasteiger partial charge in [-0.3, -0.25) is 14.9 Å². The number of rotatable bonds is 4. The van der Waals surface area contributed by atoms with E-state index in [0.717, 1.165) is 11.3 Å². The molecule has 0 aliphatic heterocycles. The Hall–Kier alpha value is -2.21. The number of nitrogens with zero attached hydrogens (tertiary/aromatic N) is 2. The highest BCUT2D eigenvalue weighted by molar-refractivity contribution is 5.91.